The Morgan fingerprint density at radius 3 is 2.95 bits per heavy atom. The highest BCUT2D eigenvalue weighted by atomic mass is 16.5. The summed E-state index contributed by atoms with van der Waals surface area (Å²) in [6, 6.07) is 3.89. The van der Waals surface area contributed by atoms with Crippen LogP contribution in [0.4, 0.5) is 0 Å². The Morgan fingerprint density at radius 1 is 1.43 bits per heavy atom. The van der Waals surface area contributed by atoms with Gasteiger partial charge in [0.2, 0.25) is 0 Å². The number of rotatable bonds is 8. The van der Waals surface area contributed by atoms with Crippen molar-refractivity contribution in [3.8, 4) is 0 Å². The molecule has 4 unspecified atom stereocenters. The third-order valence-electron chi connectivity index (χ3n) is 4.19. The van der Waals surface area contributed by atoms with Crippen LogP contribution in [0.5, 0.6) is 0 Å². The average Bonchev–Trinajstić information content (AvgIpc) is 3.01. The van der Waals surface area contributed by atoms with E-state index in [1.54, 1.807) is 6.26 Å². The van der Waals surface area contributed by atoms with Gasteiger partial charge in [-0.05, 0) is 43.7 Å². The first-order valence-electron chi connectivity index (χ1n) is 7.84. The maximum absolute atomic E-state index is 9.96. The first kappa shape index (κ1) is 16.3. The zero-order valence-electron chi connectivity index (χ0n) is 13.0. The Morgan fingerprint density at radius 2 is 2.24 bits per heavy atom. The largest absolute Gasteiger partial charge is 0.468 e. The molecule has 4 atom stereocenters. The van der Waals surface area contributed by atoms with E-state index in [1.165, 1.54) is 0 Å². The van der Waals surface area contributed by atoms with Gasteiger partial charge < -0.3 is 19.6 Å². The lowest BCUT2D eigenvalue weighted by Crippen LogP contribution is -2.33. The average molecular weight is 293 g/mol. The molecular weight excluding hydrogens is 266 g/mol. The maximum atomic E-state index is 9.96. The third kappa shape index (κ3) is 5.30. The van der Waals surface area contributed by atoms with Crippen LogP contribution in [0.15, 0.2) is 35.0 Å². The molecule has 4 heteroatoms. The quantitative estimate of drug-likeness (QED) is 0.724. The number of nitrogens with one attached hydrogen (secondary N) is 1. The molecule has 1 aliphatic rings. The monoisotopic (exact) mass is 293 g/mol. The first-order chi connectivity index (χ1) is 10.2. The lowest BCUT2D eigenvalue weighted by atomic mass is 9.85. The molecule has 1 aliphatic carbocycles. The molecule has 4 nitrogen and oxygen atoms in total. The minimum absolute atomic E-state index is 0.0955. The van der Waals surface area contributed by atoms with Crippen LogP contribution < -0.4 is 5.32 Å². The molecule has 2 rings (SSSR count). The second-order valence-corrected chi connectivity index (χ2v) is 6.02. The lowest BCUT2D eigenvalue weighted by Gasteiger charge is -2.25. The van der Waals surface area contributed by atoms with E-state index in [9.17, 15) is 5.11 Å². The minimum Gasteiger partial charge on any atom is -0.468 e. The van der Waals surface area contributed by atoms with E-state index in [4.69, 9.17) is 9.15 Å². The molecule has 2 N–H and O–H groups in total. The summed E-state index contributed by atoms with van der Waals surface area (Å²) in [5, 5.41) is 13.2. The van der Waals surface area contributed by atoms with Crippen molar-refractivity contribution in [1.29, 1.82) is 0 Å². The van der Waals surface area contributed by atoms with Crippen molar-refractivity contribution in [2.45, 2.75) is 38.8 Å². The van der Waals surface area contributed by atoms with E-state index < -0.39 is 6.10 Å². The van der Waals surface area contributed by atoms with Crippen LogP contribution in [0.1, 0.15) is 38.5 Å². The fourth-order valence-electron chi connectivity index (χ4n) is 2.60. The van der Waals surface area contributed by atoms with Gasteiger partial charge in [0.15, 0.2) is 0 Å². The molecule has 1 aromatic heterocycles. The number of hydrogen-bond acceptors (Lipinski definition) is 4. The zero-order valence-corrected chi connectivity index (χ0v) is 13.0. The molecule has 0 bridgehead atoms. The van der Waals surface area contributed by atoms with Gasteiger partial charge in [-0.3, -0.25) is 0 Å². The molecule has 0 fully saturated rings. The van der Waals surface area contributed by atoms with Gasteiger partial charge in [0.1, 0.15) is 5.76 Å². The standard InChI is InChI=1S/C17H27NO3/c1-13-6-3-4-7-15(13)11-20-12-16(19)10-18-14(2)17-8-5-9-21-17/h3-5,8-9,13-16,18-19H,6-7,10-12H2,1-2H3. The number of allylic oxidation sites excluding steroid dienone is 2. The number of aliphatic hydroxyl groups excluding tert-OH is 1. The number of furan rings is 1. The smallest absolute Gasteiger partial charge is 0.120 e. The summed E-state index contributed by atoms with van der Waals surface area (Å²) in [4.78, 5) is 0. The van der Waals surface area contributed by atoms with Crippen LogP contribution in [0, 0.1) is 11.8 Å². The SMILES string of the molecule is CC(NCC(O)COCC1CC=CCC1C)c1ccco1. The highest BCUT2D eigenvalue weighted by Crippen LogP contribution is 2.25. The maximum Gasteiger partial charge on any atom is 0.120 e. The van der Waals surface area contributed by atoms with Crippen LogP contribution in [-0.4, -0.2) is 31.0 Å². The van der Waals surface area contributed by atoms with Crippen molar-refractivity contribution < 1.29 is 14.3 Å². The van der Waals surface area contributed by atoms with Crippen LogP contribution in [0.3, 0.4) is 0 Å². The van der Waals surface area contributed by atoms with Crippen LogP contribution in [0.2, 0.25) is 0 Å². The van der Waals surface area contributed by atoms with Crippen molar-refractivity contribution in [2.24, 2.45) is 11.8 Å². The van der Waals surface area contributed by atoms with E-state index in [-0.39, 0.29) is 6.04 Å². The highest BCUT2D eigenvalue weighted by Gasteiger charge is 2.19. The normalized spacial score (nSPS) is 24.9. The number of ether oxygens (including phenoxy) is 1. The lowest BCUT2D eigenvalue weighted by molar-refractivity contribution is 0.0118. The Labute approximate surface area is 127 Å². The molecule has 0 aromatic carbocycles. The van der Waals surface area contributed by atoms with E-state index in [0.29, 0.717) is 25.0 Å². The number of hydrogen-bond donors (Lipinski definition) is 2. The van der Waals surface area contributed by atoms with Gasteiger partial charge in [-0.1, -0.05) is 19.1 Å². The summed E-state index contributed by atoms with van der Waals surface area (Å²) in [6.45, 7) is 5.89. The topological polar surface area (TPSA) is 54.6 Å². The summed E-state index contributed by atoms with van der Waals surface area (Å²) in [7, 11) is 0. The zero-order chi connectivity index (χ0) is 15.1. The predicted molar refractivity (Wildman–Crippen MR) is 83.0 cm³/mol. The first-order valence-corrected chi connectivity index (χ1v) is 7.84. The highest BCUT2D eigenvalue weighted by molar-refractivity contribution is 5.02. The molecule has 0 amide bonds. The van der Waals surface area contributed by atoms with Gasteiger partial charge in [-0.25, -0.2) is 0 Å². The van der Waals surface area contributed by atoms with Crippen LogP contribution in [0.25, 0.3) is 0 Å². The van der Waals surface area contributed by atoms with Crippen molar-refractivity contribution in [1.82, 2.24) is 5.32 Å². The van der Waals surface area contributed by atoms with Gasteiger partial charge in [-0.15, -0.1) is 0 Å². The molecule has 0 radical (unpaired) electrons. The Kier molecular flexibility index (Phi) is 6.49. The summed E-state index contributed by atoms with van der Waals surface area (Å²) < 4.78 is 11.0. The Hall–Kier alpha value is -1.10. The molecular formula is C17H27NO3. The van der Waals surface area contributed by atoms with Crippen molar-refractivity contribution in [2.75, 3.05) is 19.8 Å². The second kappa shape index (κ2) is 8.37. The predicted octanol–water partition coefficient (Wildman–Crippen LogP) is 2.91. The van der Waals surface area contributed by atoms with Crippen molar-refractivity contribution in [3.05, 3.63) is 36.3 Å². The fourth-order valence-corrected chi connectivity index (χ4v) is 2.60. The Balaban J connectivity index is 1.59. The molecule has 21 heavy (non-hydrogen) atoms. The van der Waals surface area contributed by atoms with Gasteiger partial charge in [0.05, 0.1) is 31.6 Å². The van der Waals surface area contributed by atoms with Crippen molar-refractivity contribution >= 4 is 0 Å². The van der Waals surface area contributed by atoms with Crippen LogP contribution >= 0.6 is 0 Å². The van der Waals surface area contributed by atoms with Crippen molar-refractivity contribution in [3.63, 3.8) is 0 Å². The van der Waals surface area contributed by atoms with Gasteiger partial charge >= 0.3 is 0 Å². The minimum atomic E-state index is -0.489. The van der Waals surface area contributed by atoms with E-state index in [2.05, 4.69) is 24.4 Å². The summed E-state index contributed by atoms with van der Waals surface area (Å²) in [5.74, 6) is 2.13. The number of aliphatic hydroxyl groups is 1. The van der Waals surface area contributed by atoms with Gasteiger partial charge in [0.25, 0.3) is 0 Å². The second-order valence-electron chi connectivity index (χ2n) is 6.02. The summed E-state index contributed by atoms with van der Waals surface area (Å²) in [5.41, 5.74) is 0. The summed E-state index contributed by atoms with van der Waals surface area (Å²) >= 11 is 0. The van der Waals surface area contributed by atoms with Gasteiger partial charge in [0, 0.05) is 6.54 Å². The molecule has 1 heterocycles. The fraction of sp³-hybridized carbons (Fsp3) is 0.647. The molecule has 118 valence electrons. The Bertz CT molecular complexity index is 416. The van der Waals surface area contributed by atoms with E-state index in [1.807, 2.05) is 19.1 Å². The molecule has 1 aromatic rings. The van der Waals surface area contributed by atoms with E-state index >= 15 is 0 Å². The van der Waals surface area contributed by atoms with Gasteiger partial charge in [-0.2, -0.15) is 0 Å². The molecule has 0 aliphatic heterocycles. The summed E-state index contributed by atoms with van der Waals surface area (Å²) in [6.07, 6.45) is 7.88. The van der Waals surface area contributed by atoms with Crippen LogP contribution in [-0.2, 0) is 4.74 Å². The molecule has 0 spiro atoms. The van der Waals surface area contributed by atoms with E-state index in [0.717, 1.165) is 25.2 Å². The molecule has 0 saturated heterocycles. The third-order valence-corrected chi connectivity index (χ3v) is 4.19. The molecule has 0 saturated carbocycles.